The highest BCUT2D eigenvalue weighted by Crippen LogP contribution is 2.20. The van der Waals surface area contributed by atoms with Crippen molar-refractivity contribution in [1.29, 1.82) is 0 Å². The Morgan fingerprint density at radius 1 is 1.55 bits per heavy atom. The van der Waals surface area contributed by atoms with Crippen LogP contribution in [-0.4, -0.2) is 20.7 Å². The standard InChI is InChI=1S/C13H19N5OS/c1-4-9-6-11(18(5-2)17-9)12(19)16-13-15-10(7-20-13)8(3)14/h6-8H,4-5,14H2,1-3H3,(H,15,16,19). The Labute approximate surface area is 122 Å². The second kappa shape index (κ2) is 6.15. The molecular formula is C13H19N5OS. The van der Waals surface area contributed by atoms with Crippen molar-refractivity contribution in [3.63, 3.8) is 0 Å². The number of rotatable bonds is 5. The van der Waals surface area contributed by atoms with Gasteiger partial charge in [-0.1, -0.05) is 6.92 Å². The largest absolute Gasteiger partial charge is 0.323 e. The molecule has 1 atom stereocenters. The summed E-state index contributed by atoms with van der Waals surface area (Å²) in [4.78, 5) is 16.6. The molecule has 2 aromatic rings. The van der Waals surface area contributed by atoms with Crippen LogP contribution < -0.4 is 11.1 Å². The Morgan fingerprint density at radius 3 is 2.85 bits per heavy atom. The number of thiazole rings is 1. The summed E-state index contributed by atoms with van der Waals surface area (Å²) < 4.78 is 1.70. The fraction of sp³-hybridized carbons (Fsp3) is 0.462. The van der Waals surface area contributed by atoms with E-state index in [9.17, 15) is 4.79 Å². The van der Waals surface area contributed by atoms with Crippen LogP contribution in [0, 0.1) is 0 Å². The average Bonchev–Trinajstić information content (AvgIpc) is 3.04. The van der Waals surface area contributed by atoms with Gasteiger partial charge in [0.05, 0.1) is 11.4 Å². The van der Waals surface area contributed by atoms with E-state index in [0.717, 1.165) is 17.8 Å². The molecule has 0 saturated heterocycles. The highest BCUT2D eigenvalue weighted by Gasteiger charge is 2.16. The number of carbonyl (C=O) groups is 1. The van der Waals surface area contributed by atoms with Crippen LogP contribution in [0.15, 0.2) is 11.4 Å². The van der Waals surface area contributed by atoms with Crippen molar-refractivity contribution in [3.05, 3.63) is 28.5 Å². The lowest BCUT2D eigenvalue weighted by atomic mass is 10.3. The molecule has 0 aromatic carbocycles. The molecule has 0 radical (unpaired) electrons. The van der Waals surface area contributed by atoms with E-state index in [-0.39, 0.29) is 11.9 Å². The number of amides is 1. The lowest BCUT2D eigenvalue weighted by molar-refractivity contribution is 0.101. The maximum Gasteiger partial charge on any atom is 0.275 e. The van der Waals surface area contributed by atoms with Crippen molar-refractivity contribution in [2.45, 2.75) is 39.8 Å². The van der Waals surface area contributed by atoms with Crippen molar-refractivity contribution in [2.75, 3.05) is 5.32 Å². The monoisotopic (exact) mass is 293 g/mol. The van der Waals surface area contributed by atoms with Gasteiger partial charge in [-0.15, -0.1) is 11.3 Å². The molecule has 7 heteroatoms. The van der Waals surface area contributed by atoms with Gasteiger partial charge in [-0.2, -0.15) is 5.10 Å². The zero-order chi connectivity index (χ0) is 14.7. The summed E-state index contributed by atoms with van der Waals surface area (Å²) >= 11 is 1.37. The number of anilines is 1. The third-order valence-corrected chi connectivity index (χ3v) is 3.71. The molecular weight excluding hydrogens is 274 g/mol. The smallest absolute Gasteiger partial charge is 0.275 e. The molecule has 1 unspecified atom stereocenters. The van der Waals surface area contributed by atoms with E-state index >= 15 is 0 Å². The summed E-state index contributed by atoms with van der Waals surface area (Å²) in [6.45, 7) is 6.49. The number of carbonyl (C=O) groups excluding carboxylic acids is 1. The summed E-state index contributed by atoms with van der Waals surface area (Å²) in [7, 11) is 0. The van der Waals surface area contributed by atoms with Crippen LogP contribution in [0.1, 0.15) is 48.7 Å². The zero-order valence-corrected chi connectivity index (χ0v) is 12.7. The van der Waals surface area contributed by atoms with Gasteiger partial charge in [-0.3, -0.25) is 14.8 Å². The maximum absolute atomic E-state index is 12.3. The Hall–Kier alpha value is -1.73. The third kappa shape index (κ3) is 3.05. The summed E-state index contributed by atoms with van der Waals surface area (Å²) in [6.07, 6.45) is 0.805. The van der Waals surface area contributed by atoms with Gasteiger partial charge in [0.15, 0.2) is 5.13 Å². The molecule has 6 nitrogen and oxygen atoms in total. The minimum absolute atomic E-state index is 0.134. The van der Waals surface area contributed by atoms with Gasteiger partial charge < -0.3 is 5.73 Å². The van der Waals surface area contributed by atoms with Gasteiger partial charge in [-0.25, -0.2) is 4.98 Å². The van der Waals surface area contributed by atoms with Crippen molar-refractivity contribution in [1.82, 2.24) is 14.8 Å². The Bertz CT molecular complexity index is 602. The van der Waals surface area contributed by atoms with Crippen LogP contribution >= 0.6 is 11.3 Å². The minimum atomic E-state index is -0.190. The van der Waals surface area contributed by atoms with E-state index in [1.54, 1.807) is 4.68 Å². The molecule has 0 spiro atoms. The first-order valence-electron chi connectivity index (χ1n) is 6.64. The molecule has 20 heavy (non-hydrogen) atoms. The van der Waals surface area contributed by atoms with E-state index in [1.807, 2.05) is 32.2 Å². The normalized spacial score (nSPS) is 12.4. The molecule has 0 saturated carbocycles. The highest BCUT2D eigenvalue weighted by molar-refractivity contribution is 7.14. The van der Waals surface area contributed by atoms with Crippen molar-refractivity contribution < 1.29 is 4.79 Å². The van der Waals surface area contributed by atoms with E-state index in [0.29, 0.717) is 17.4 Å². The molecule has 2 heterocycles. The number of aromatic nitrogens is 3. The highest BCUT2D eigenvalue weighted by atomic mass is 32.1. The molecule has 0 aliphatic heterocycles. The van der Waals surface area contributed by atoms with E-state index in [4.69, 9.17) is 5.73 Å². The lowest BCUT2D eigenvalue weighted by Gasteiger charge is -2.04. The summed E-state index contributed by atoms with van der Waals surface area (Å²) in [5, 5.41) is 9.58. The molecule has 0 bridgehead atoms. The quantitative estimate of drug-likeness (QED) is 0.885. The molecule has 108 valence electrons. The Balaban J connectivity index is 2.16. The molecule has 0 fully saturated rings. The van der Waals surface area contributed by atoms with E-state index in [1.165, 1.54) is 11.3 Å². The molecule has 1 amide bonds. The predicted octanol–water partition coefficient (Wildman–Crippen LogP) is 2.19. The first-order chi connectivity index (χ1) is 9.55. The van der Waals surface area contributed by atoms with Gasteiger partial charge in [0.2, 0.25) is 0 Å². The summed E-state index contributed by atoms with van der Waals surface area (Å²) in [5.41, 5.74) is 8.00. The zero-order valence-electron chi connectivity index (χ0n) is 11.9. The lowest BCUT2D eigenvalue weighted by Crippen LogP contribution is -2.17. The fourth-order valence-corrected chi connectivity index (χ4v) is 2.59. The number of hydrogen-bond donors (Lipinski definition) is 2. The second-order valence-corrected chi connectivity index (χ2v) is 5.37. The van der Waals surface area contributed by atoms with Gasteiger partial charge in [-0.05, 0) is 26.3 Å². The van der Waals surface area contributed by atoms with Crippen LogP contribution in [0.25, 0.3) is 0 Å². The third-order valence-electron chi connectivity index (χ3n) is 2.93. The van der Waals surface area contributed by atoms with Crippen molar-refractivity contribution in [3.8, 4) is 0 Å². The number of nitrogens with zero attached hydrogens (tertiary/aromatic N) is 3. The van der Waals surface area contributed by atoms with Crippen LogP contribution in [0.3, 0.4) is 0 Å². The first-order valence-corrected chi connectivity index (χ1v) is 7.52. The van der Waals surface area contributed by atoms with Crippen LogP contribution in [0.4, 0.5) is 5.13 Å². The molecule has 2 aromatic heterocycles. The topological polar surface area (TPSA) is 85.8 Å². The summed E-state index contributed by atoms with van der Waals surface area (Å²) in [6, 6.07) is 1.68. The number of nitrogens with one attached hydrogen (secondary N) is 1. The van der Waals surface area contributed by atoms with Crippen LogP contribution in [0.2, 0.25) is 0 Å². The first kappa shape index (κ1) is 14.7. The van der Waals surface area contributed by atoms with Crippen LogP contribution in [0.5, 0.6) is 0 Å². The number of hydrogen-bond acceptors (Lipinski definition) is 5. The molecule has 0 aliphatic carbocycles. The summed E-state index contributed by atoms with van der Waals surface area (Å²) in [5.74, 6) is -0.190. The van der Waals surface area contributed by atoms with Crippen LogP contribution in [-0.2, 0) is 13.0 Å². The van der Waals surface area contributed by atoms with Gasteiger partial charge >= 0.3 is 0 Å². The molecule has 0 aliphatic rings. The number of aryl methyl sites for hydroxylation is 2. The van der Waals surface area contributed by atoms with Crippen molar-refractivity contribution >= 4 is 22.4 Å². The second-order valence-electron chi connectivity index (χ2n) is 4.51. The Morgan fingerprint density at radius 2 is 2.30 bits per heavy atom. The van der Waals surface area contributed by atoms with E-state index in [2.05, 4.69) is 15.4 Å². The molecule has 2 rings (SSSR count). The van der Waals surface area contributed by atoms with Gasteiger partial charge in [0.25, 0.3) is 5.91 Å². The van der Waals surface area contributed by atoms with Crippen molar-refractivity contribution in [2.24, 2.45) is 5.73 Å². The Kier molecular flexibility index (Phi) is 4.51. The number of nitrogens with two attached hydrogens (primary N) is 1. The predicted molar refractivity (Wildman–Crippen MR) is 79.9 cm³/mol. The maximum atomic E-state index is 12.3. The van der Waals surface area contributed by atoms with Gasteiger partial charge in [0.1, 0.15) is 5.69 Å². The SMILES string of the molecule is CCc1cc(C(=O)Nc2nc(C(C)N)cs2)n(CC)n1. The average molecular weight is 293 g/mol. The van der Waals surface area contributed by atoms with E-state index < -0.39 is 0 Å². The van der Waals surface area contributed by atoms with Gasteiger partial charge in [0, 0.05) is 18.0 Å². The fourth-order valence-electron chi connectivity index (χ4n) is 1.78. The minimum Gasteiger partial charge on any atom is -0.323 e. The molecule has 3 N–H and O–H groups in total.